The highest BCUT2D eigenvalue weighted by Gasteiger charge is 2.40. The summed E-state index contributed by atoms with van der Waals surface area (Å²) in [6.07, 6.45) is 2.71. The van der Waals surface area contributed by atoms with Gasteiger partial charge in [0, 0.05) is 43.4 Å². The maximum Gasteiger partial charge on any atom is 0.255 e. The molecule has 3 atom stereocenters. The van der Waals surface area contributed by atoms with E-state index >= 15 is 0 Å². The number of ether oxygens (including phenoxy) is 1. The quantitative estimate of drug-likeness (QED) is 0.452. The molecule has 0 bridgehead atoms. The third-order valence-corrected chi connectivity index (χ3v) is 6.72. The first-order valence-corrected chi connectivity index (χ1v) is 11.4. The Morgan fingerprint density at radius 2 is 1.91 bits per heavy atom. The molecule has 3 aromatic rings. The SMILES string of the molecule is CC(Oc1ccc(Cl)cn1)C1CN(C(=O)c2ccc(C#N)nc2)CC1c1ccc(Cl)c(Cl)c1. The largest absolute Gasteiger partial charge is 0.474 e. The van der Waals surface area contributed by atoms with E-state index in [1.165, 1.54) is 18.5 Å². The second-order valence-electron chi connectivity index (χ2n) is 7.84. The molecule has 1 aliphatic heterocycles. The number of hydrogen-bond acceptors (Lipinski definition) is 5. The number of nitriles is 1. The van der Waals surface area contributed by atoms with Gasteiger partial charge in [-0.15, -0.1) is 0 Å². The van der Waals surface area contributed by atoms with Crippen LogP contribution in [0.15, 0.2) is 54.9 Å². The van der Waals surface area contributed by atoms with Gasteiger partial charge in [0.25, 0.3) is 5.91 Å². The second-order valence-corrected chi connectivity index (χ2v) is 9.09. The number of amides is 1. The van der Waals surface area contributed by atoms with Crippen molar-refractivity contribution in [3.63, 3.8) is 0 Å². The molecule has 1 aromatic carbocycles. The van der Waals surface area contributed by atoms with Crippen molar-refractivity contribution in [2.45, 2.75) is 18.9 Å². The number of rotatable bonds is 5. The first-order valence-electron chi connectivity index (χ1n) is 10.2. The molecule has 0 aliphatic carbocycles. The molecule has 9 heteroatoms. The number of carbonyl (C=O) groups excluding carboxylic acids is 1. The van der Waals surface area contributed by atoms with Crippen LogP contribution in [0.3, 0.4) is 0 Å². The minimum absolute atomic E-state index is 0.0302. The van der Waals surface area contributed by atoms with Crippen molar-refractivity contribution in [3.05, 3.63) is 86.7 Å². The molecule has 168 valence electrons. The molecule has 3 unspecified atom stereocenters. The van der Waals surface area contributed by atoms with E-state index in [9.17, 15) is 4.79 Å². The van der Waals surface area contributed by atoms with Gasteiger partial charge in [-0.05, 0) is 42.8 Å². The molecule has 33 heavy (non-hydrogen) atoms. The van der Waals surface area contributed by atoms with Gasteiger partial charge in [-0.3, -0.25) is 4.79 Å². The Labute approximate surface area is 206 Å². The van der Waals surface area contributed by atoms with E-state index in [4.69, 9.17) is 44.8 Å². The van der Waals surface area contributed by atoms with Gasteiger partial charge in [0.15, 0.2) is 0 Å². The number of halogens is 3. The summed E-state index contributed by atoms with van der Waals surface area (Å²) in [5, 5.41) is 10.4. The van der Waals surface area contributed by atoms with Gasteiger partial charge < -0.3 is 9.64 Å². The summed E-state index contributed by atoms with van der Waals surface area (Å²) < 4.78 is 6.11. The summed E-state index contributed by atoms with van der Waals surface area (Å²) in [6.45, 7) is 2.91. The molecule has 1 saturated heterocycles. The molecule has 3 heterocycles. The highest BCUT2D eigenvalue weighted by molar-refractivity contribution is 6.42. The summed E-state index contributed by atoms with van der Waals surface area (Å²) in [5.41, 5.74) is 1.66. The van der Waals surface area contributed by atoms with Crippen LogP contribution in [0, 0.1) is 17.2 Å². The minimum Gasteiger partial charge on any atom is -0.474 e. The van der Waals surface area contributed by atoms with Crippen LogP contribution in [0.1, 0.15) is 34.5 Å². The first kappa shape index (κ1) is 23.3. The number of hydrogen-bond donors (Lipinski definition) is 0. The van der Waals surface area contributed by atoms with Gasteiger partial charge >= 0.3 is 0 Å². The Morgan fingerprint density at radius 1 is 1.09 bits per heavy atom. The Kier molecular flexibility index (Phi) is 7.04. The van der Waals surface area contributed by atoms with Crippen molar-refractivity contribution >= 4 is 40.7 Å². The molecule has 1 aliphatic rings. The third-order valence-electron chi connectivity index (χ3n) is 5.76. The number of nitrogens with zero attached hydrogens (tertiary/aromatic N) is 4. The van der Waals surface area contributed by atoms with Crippen LogP contribution >= 0.6 is 34.8 Å². The fourth-order valence-corrected chi connectivity index (χ4v) is 4.46. The zero-order chi connectivity index (χ0) is 23.5. The average molecular weight is 502 g/mol. The lowest BCUT2D eigenvalue weighted by Gasteiger charge is -2.25. The Morgan fingerprint density at radius 3 is 2.55 bits per heavy atom. The summed E-state index contributed by atoms with van der Waals surface area (Å²) in [5.74, 6) is 0.240. The van der Waals surface area contributed by atoms with Gasteiger partial charge in [0.05, 0.1) is 20.6 Å². The van der Waals surface area contributed by atoms with Gasteiger partial charge in [-0.1, -0.05) is 40.9 Å². The summed E-state index contributed by atoms with van der Waals surface area (Å²) in [7, 11) is 0. The maximum atomic E-state index is 13.2. The summed E-state index contributed by atoms with van der Waals surface area (Å²) in [6, 6.07) is 14.1. The Bertz CT molecular complexity index is 1200. The maximum absolute atomic E-state index is 13.2. The van der Waals surface area contributed by atoms with Crippen LogP contribution in [-0.4, -0.2) is 40.0 Å². The van der Waals surface area contributed by atoms with E-state index in [1.54, 1.807) is 29.2 Å². The topological polar surface area (TPSA) is 79.1 Å². The number of aromatic nitrogens is 2. The monoisotopic (exact) mass is 500 g/mol. The smallest absolute Gasteiger partial charge is 0.255 e. The molecular formula is C24H19Cl3N4O2. The zero-order valence-electron chi connectivity index (χ0n) is 17.6. The van der Waals surface area contributed by atoms with E-state index in [1.807, 2.05) is 25.1 Å². The van der Waals surface area contributed by atoms with Crippen molar-refractivity contribution in [1.29, 1.82) is 5.26 Å². The highest BCUT2D eigenvalue weighted by atomic mass is 35.5. The molecular weight excluding hydrogens is 483 g/mol. The first-order chi connectivity index (χ1) is 15.9. The van der Waals surface area contributed by atoms with Crippen LogP contribution in [0.4, 0.5) is 0 Å². The van der Waals surface area contributed by atoms with Crippen molar-refractivity contribution in [2.75, 3.05) is 13.1 Å². The predicted octanol–water partition coefficient (Wildman–Crippen LogP) is 5.63. The molecule has 0 radical (unpaired) electrons. The van der Waals surface area contributed by atoms with E-state index in [-0.39, 0.29) is 29.5 Å². The van der Waals surface area contributed by atoms with Crippen LogP contribution in [0.5, 0.6) is 5.88 Å². The lowest BCUT2D eigenvalue weighted by Crippen LogP contribution is -2.32. The van der Waals surface area contributed by atoms with Crippen molar-refractivity contribution < 1.29 is 9.53 Å². The second kappa shape index (κ2) is 9.96. The molecule has 0 N–H and O–H groups in total. The fraction of sp³-hybridized carbons (Fsp3) is 0.250. The number of benzene rings is 1. The van der Waals surface area contributed by atoms with E-state index in [0.29, 0.717) is 39.6 Å². The number of pyridine rings is 2. The van der Waals surface area contributed by atoms with Crippen LogP contribution < -0.4 is 4.74 Å². The van der Waals surface area contributed by atoms with E-state index in [2.05, 4.69) is 9.97 Å². The third kappa shape index (κ3) is 5.22. The van der Waals surface area contributed by atoms with Crippen LogP contribution in [0.2, 0.25) is 15.1 Å². The molecule has 1 fully saturated rings. The molecule has 0 spiro atoms. The normalized spacial score (nSPS) is 18.6. The van der Waals surface area contributed by atoms with Crippen molar-refractivity contribution in [2.24, 2.45) is 5.92 Å². The number of likely N-dealkylation sites (tertiary alicyclic amines) is 1. The molecule has 4 rings (SSSR count). The molecule has 2 aromatic heterocycles. The van der Waals surface area contributed by atoms with Gasteiger partial charge in [-0.2, -0.15) is 5.26 Å². The fourth-order valence-electron chi connectivity index (χ4n) is 4.05. The highest BCUT2D eigenvalue weighted by Crippen LogP contribution is 2.38. The Balaban J connectivity index is 1.60. The van der Waals surface area contributed by atoms with Gasteiger partial charge in [-0.25, -0.2) is 9.97 Å². The average Bonchev–Trinajstić information content (AvgIpc) is 3.27. The molecule has 6 nitrogen and oxygen atoms in total. The zero-order valence-corrected chi connectivity index (χ0v) is 19.8. The lowest BCUT2D eigenvalue weighted by atomic mass is 9.86. The Hall–Kier alpha value is -2.85. The van der Waals surface area contributed by atoms with Crippen molar-refractivity contribution in [3.8, 4) is 11.9 Å². The summed E-state index contributed by atoms with van der Waals surface area (Å²) in [4.78, 5) is 23.2. The number of carbonyl (C=O) groups is 1. The molecule has 0 saturated carbocycles. The van der Waals surface area contributed by atoms with Crippen LogP contribution in [0.25, 0.3) is 0 Å². The predicted molar refractivity (Wildman–Crippen MR) is 127 cm³/mol. The molecule has 1 amide bonds. The minimum atomic E-state index is -0.255. The van der Waals surface area contributed by atoms with E-state index in [0.717, 1.165) is 5.56 Å². The van der Waals surface area contributed by atoms with Crippen LogP contribution in [-0.2, 0) is 0 Å². The van der Waals surface area contributed by atoms with Gasteiger partial charge in [0.1, 0.15) is 17.9 Å². The van der Waals surface area contributed by atoms with Gasteiger partial charge in [0.2, 0.25) is 5.88 Å². The van der Waals surface area contributed by atoms with Crippen molar-refractivity contribution in [1.82, 2.24) is 14.9 Å². The standard InChI is InChI=1S/C24H19Cl3N4O2/c1-14(33-23-7-4-17(25)11-30-23)19-12-31(24(32)16-2-5-18(9-28)29-10-16)13-20(19)15-3-6-21(26)22(27)8-15/h2-8,10-11,14,19-20H,12-13H2,1H3. The van der Waals surface area contributed by atoms with E-state index < -0.39 is 0 Å². The lowest BCUT2D eigenvalue weighted by molar-refractivity contribution is 0.0769. The summed E-state index contributed by atoms with van der Waals surface area (Å²) >= 11 is 18.3.